The summed E-state index contributed by atoms with van der Waals surface area (Å²) in [4.78, 5) is 25.7. The number of unbranched alkanes of at least 4 members (excludes halogenated alkanes) is 1. The first-order chi connectivity index (χ1) is 12.9. The van der Waals surface area contributed by atoms with Crippen LogP contribution in [0.25, 0.3) is 0 Å². The zero-order chi connectivity index (χ0) is 19.8. The lowest BCUT2D eigenvalue weighted by atomic mass is 10.1. The number of carboxylic acid groups (broad SMARTS) is 1. The summed E-state index contributed by atoms with van der Waals surface area (Å²) in [6.45, 7) is 2.58. The number of hydrogen-bond acceptors (Lipinski definition) is 4. The van der Waals surface area contributed by atoms with Gasteiger partial charge < -0.3 is 10.0 Å². The molecule has 0 aliphatic rings. The van der Waals surface area contributed by atoms with Crippen LogP contribution in [0.3, 0.4) is 0 Å². The smallest absolute Gasteiger partial charge is 0.335 e. The number of carboxylic acids is 1. The van der Waals surface area contributed by atoms with Crippen LogP contribution in [0.5, 0.6) is 0 Å². The second-order valence-electron chi connectivity index (χ2n) is 6.39. The van der Waals surface area contributed by atoms with Gasteiger partial charge in [0.2, 0.25) is 0 Å². The molecule has 142 valence electrons. The highest BCUT2D eigenvalue weighted by molar-refractivity contribution is 5.95. The highest BCUT2D eigenvalue weighted by atomic mass is 16.4. The molecule has 0 saturated carbocycles. The highest BCUT2D eigenvalue weighted by Crippen LogP contribution is 2.14. The van der Waals surface area contributed by atoms with Gasteiger partial charge in [-0.15, -0.1) is 0 Å². The summed E-state index contributed by atoms with van der Waals surface area (Å²) in [6, 6.07) is 13.8. The fraction of sp³-hybridized carbons (Fsp3) is 0.286. The molecule has 0 aliphatic heterocycles. The van der Waals surface area contributed by atoms with E-state index in [-0.39, 0.29) is 11.5 Å². The van der Waals surface area contributed by atoms with Crippen LogP contribution in [0.4, 0.5) is 5.69 Å². The zero-order valence-corrected chi connectivity index (χ0v) is 15.9. The number of carbonyl (C=O) groups is 2. The molecule has 0 fully saturated rings. The second kappa shape index (κ2) is 9.52. The van der Waals surface area contributed by atoms with Crippen molar-refractivity contribution >= 4 is 23.8 Å². The summed E-state index contributed by atoms with van der Waals surface area (Å²) < 4.78 is 0. The molecule has 1 amide bonds. The van der Waals surface area contributed by atoms with Crippen molar-refractivity contribution in [3.05, 3.63) is 65.2 Å². The number of amides is 1. The van der Waals surface area contributed by atoms with Gasteiger partial charge in [-0.3, -0.25) is 4.79 Å². The maximum absolute atomic E-state index is 12.8. The third-order valence-corrected chi connectivity index (χ3v) is 4.09. The van der Waals surface area contributed by atoms with Crippen molar-refractivity contribution in [3.63, 3.8) is 0 Å². The van der Waals surface area contributed by atoms with Gasteiger partial charge in [0.1, 0.15) is 0 Å². The molecular weight excluding hydrogens is 342 g/mol. The molecule has 0 unspecified atom stereocenters. The largest absolute Gasteiger partial charge is 0.478 e. The Morgan fingerprint density at radius 3 is 2.11 bits per heavy atom. The first-order valence-corrected chi connectivity index (χ1v) is 8.89. The molecule has 0 heterocycles. The number of aromatic carboxylic acids is 1. The minimum atomic E-state index is -0.973. The number of rotatable bonds is 8. The molecule has 0 saturated heterocycles. The summed E-state index contributed by atoms with van der Waals surface area (Å²) >= 11 is 0. The summed E-state index contributed by atoms with van der Waals surface area (Å²) in [7, 11) is 3.90. The van der Waals surface area contributed by atoms with Crippen molar-refractivity contribution in [2.75, 3.05) is 25.5 Å². The van der Waals surface area contributed by atoms with Gasteiger partial charge in [0.05, 0.1) is 11.8 Å². The fourth-order valence-electron chi connectivity index (χ4n) is 2.42. The van der Waals surface area contributed by atoms with Gasteiger partial charge in [0.25, 0.3) is 5.91 Å². The maximum Gasteiger partial charge on any atom is 0.335 e. The molecule has 0 atom stereocenters. The average molecular weight is 367 g/mol. The Hall–Kier alpha value is -3.15. The van der Waals surface area contributed by atoms with E-state index in [1.807, 2.05) is 31.1 Å². The molecule has 2 aromatic rings. The summed E-state index contributed by atoms with van der Waals surface area (Å²) in [5.41, 5.74) is 2.55. The Morgan fingerprint density at radius 1 is 1.00 bits per heavy atom. The van der Waals surface area contributed by atoms with Crippen LogP contribution in [0, 0.1) is 0 Å². The van der Waals surface area contributed by atoms with Crippen molar-refractivity contribution in [1.82, 2.24) is 5.01 Å². The molecule has 27 heavy (non-hydrogen) atoms. The number of nitrogens with zero attached hydrogens (tertiary/aromatic N) is 3. The van der Waals surface area contributed by atoms with Crippen LogP contribution in [0.1, 0.15) is 46.0 Å². The van der Waals surface area contributed by atoms with Crippen molar-refractivity contribution in [2.24, 2.45) is 5.10 Å². The van der Waals surface area contributed by atoms with Gasteiger partial charge in [-0.25, -0.2) is 9.80 Å². The topological polar surface area (TPSA) is 73.2 Å². The highest BCUT2D eigenvalue weighted by Gasteiger charge is 2.14. The molecule has 1 N–H and O–H groups in total. The van der Waals surface area contributed by atoms with E-state index in [1.165, 1.54) is 17.1 Å². The number of benzene rings is 2. The third kappa shape index (κ3) is 5.67. The van der Waals surface area contributed by atoms with Crippen LogP contribution >= 0.6 is 0 Å². The average Bonchev–Trinajstić information content (AvgIpc) is 2.68. The van der Waals surface area contributed by atoms with E-state index in [0.717, 1.165) is 24.1 Å². The number of hydrazone groups is 1. The van der Waals surface area contributed by atoms with Gasteiger partial charge >= 0.3 is 5.97 Å². The van der Waals surface area contributed by atoms with Crippen LogP contribution in [0.15, 0.2) is 53.6 Å². The predicted molar refractivity (Wildman–Crippen MR) is 108 cm³/mol. The number of anilines is 1. The third-order valence-electron chi connectivity index (χ3n) is 4.09. The SMILES string of the molecule is CCCCN(N=Cc1ccc(C(=O)O)cc1)C(=O)c1ccc(N(C)C)cc1. The number of carbonyl (C=O) groups excluding carboxylic acids is 1. The van der Waals surface area contributed by atoms with Crippen LogP contribution in [0.2, 0.25) is 0 Å². The van der Waals surface area contributed by atoms with Crippen molar-refractivity contribution in [1.29, 1.82) is 0 Å². The minimum absolute atomic E-state index is 0.160. The molecular formula is C21H25N3O3. The Morgan fingerprint density at radius 2 is 1.59 bits per heavy atom. The lowest BCUT2D eigenvalue weighted by Crippen LogP contribution is -2.27. The molecule has 2 aromatic carbocycles. The number of hydrogen-bond donors (Lipinski definition) is 1. The monoisotopic (exact) mass is 367 g/mol. The van der Waals surface area contributed by atoms with Gasteiger partial charge in [-0.2, -0.15) is 5.10 Å². The Kier molecular flexibility index (Phi) is 7.11. The van der Waals surface area contributed by atoms with Crippen LogP contribution in [-0.4, -0.2) is 48.8 Å². The molecule has 0 radical (unpaired) electrons. The Bertz CT molecular complexity index is 796. The maximum atomic E-state index is 12.8. The molecule has 6 heteroatoms. The van der Waals surface area contributed by atoms with E-state index in [4.69, 9.17) is 5.11 Å². The standard InChI is InChI=1S/C21H25N3O3/c1-4-5-14-24(20(25)17-10-12-19(13-11-17)23(2)3)22-15-16-6-8-18(9-7-16)21(26)27/h6-13,15H,4-5,14H2,1-3H3,(H,26,27). The van der Waals surface area contributed by atoms with Gasteiger partial charge in [0, 0.05) is 31.9 Å². The van der Waals surface area contributed by atoms with E-state index >= 15 is 0 Å². The van der Waals surface area contributed by atoms with E-state index < -0.39 is 5.97 Å². The van der Waals surface area contributed by atoms with Crippen LogP contribution in [-0.2, 0) is 0 Å². The second-order valence-corrected chi connectivity index (χ2v) is 6.39. The normalized spacial score (nSPS) is 10.8. The molecule has 0 aromatic heterocycles. The summed E-state index contributed by atoms with van der Waals surface area (Å²) in [5.74, 6) is -1.13. The molecule has 2 rings (SSSR count). The van der Waals surface area contributed by atoms with Crippen molar-refractivity contribution in [3.8, 4) is 0 Å². The minimum Gasteiger partial charge on any atom is -0.478 e. The van der Waals surface area contributed by atoms with Crippen molar-refractivity contribution < 1.29 is 14.7 Å². The van der Waals surface area contributed by atoms with Crippen molar-refractivity contribution in [2.45, 2.75) is 19.8 Å². The quantitative estimate of drug-likeness (QED) is 0.570. The van der Waals surface area contributed by atoms with Gasteiger partial charge in [-0.1, -0.05) is 25.5 Å². The molecule has 6 nitrogen and oxygen atoms in total. The molecule has 0 spiro atoms. The predicted octanol–water partition coefficient (Wildman–Crippen LogP) is 3.73. The fourth-order valence-corrected chi connectivity index (χ4v) is 2.42. The van der Waals surface area contributed by atoms with Gasteiger partial charge in [-0.05, 0) is 48.4 Å². The van der Waals surface area contributed by atoms with E-state index in [2.05, 4.69) is 12.0 Å². The van der Waals surface area contributed by atoms with Crippen LogP contribution < -0.4 is 4.90 Å². The van der Waals surface area contributed by atoms with E-state index in [0.29, 0.717) is 12.1 Å². The zero-order valence-electron chi connectivity index (χ0n) is 15.9. The Balaban J connectivity index is 2.17. The van der Waals surface area contributed by atoms with E-state index in [9.17, 15) is 9.59 Å². The lowest BCUT2D eigenvalue weighted by Gasteiger charge is -2.18. The van der Waals surface area contributed by atoms with E-state index in [1.54, 1.807) is 30.5 Å². The first kappa shape index (κ1) is 20.2. The lowest BCUT2D eigenvalue weighted by molar-refractivity contribution is 0.0695. The van der Waals surface area contributed by atoms with Gasteiger partial charge in [0.15, 0.2) is 0 Å². The summed E-state index contributed by atoms with van der Waals surface area (Å²) in [6.07, 6.45) is 3.37. The summed E-state index contributed by atoms with van der Waals surface area (Å²) in [5, 5.41) is 14.8. The first-order valence-electron chi connectivity index (χ1n) is 8.89. The Labute approximate surface area is 159 Å². The molecule has 0 aliphatic carbocycles. The molecule has 0 bridgehead atoms.